The summed E-state index contributed by atoms with van der Waals surface area (Å²) in [6.45, 7) is 9.48. The van der Waals surface area contributed by atoms with E-state index < -0.39 is 16.1 Å². The van der Waals surface area contributed by atoms with Crippen molar-refractivity contribution in [3.05, 3.63) is 64.7 Å². The summed E-state index contributed by atoms with van der Waals surface area (Å²) < 4.78 is 29.1. The van der Waals surface area contributed by atoms with Crippen LogP contribution in [0, 0.1) is 20.8 Å². The van der Waals surface area contributed by atoms with Crippen LogP contribution >= 0.6 is 0 Å². The van der Waals surface area contributed by atoms with Crippen LogP contribution in [0.25, 0.3) is 0 Å². The highest BCUT2D eigenvalue weighted by Crippen LogP contribution is 2.22. The molecule has 0 aliphatic heterocycles. The molecule has 2 rings (SSSR count). The Bertz CT molecular complexity index is 917. The molecule has 0 saturated carbocycles. The number of nitrogens with one attached hydrogen (secondary N) is 2. The Morgan fingerprint density at radius 1 is 1.03 bits per heavy atom. The summed E-state index contributed by atoms with van der Waals surface area (Å²) in [5.74, 6) is -0.305. The van der Waals surface area contributed by atoms with Gasteiger partial charge >= 0.3 is 0 Å². The Kier molecular flexibility index (Phi) is 7.99. The van der Waals surface area contributed by atoms with Crippen molar-refractivity contribution in [2.24, 2.45) is 0 Å². The summed E-state index contributed by atoms with van der Waals surface area (Å²) in [4.78, 5) is 13.2. The minimum atomic E-state index is -3.86. The highest BCUT2D eigenvalue weighted by atomic mass is 32.2. The molecule has 0 aromatic heterocycles. The molecule has 1 amide bonds. The molecule has 29 heavy (non-hydrogen) atoms. The third-order valence-corrected chi connectivity index (χ3v) is 6.66. The van der Waals surface area contributed by atoms with Crippen LogP contribution in [-0.4, -0.2) is 26.4 Å². The zero-order valence-electron chi connectivity index (χ0n) is 18.0. The minimum absolute atomic E-state index is 0.0156. The van der Waals surface area contributed by atoms with Crippen LogP contribution in [0.3, 0.4) is 0 Å². The highest BCUT2D eigenvalue weighted by Gasteiger charge is 2.28. The largest absolute Gasteiger partial charge is 0.352 e. The molecule has 5 nitrogen and oxygen atoms in total. The Morgan fingerprint density at radius 3 is 2.17 bits per heavy atom. The van der Waals surface area contributed by atoms with Gasteiger partial charge in [-0.1, -0.05) is 61.4 Å². The van der Waals surface area contributed by atoms with Crippen molar-refractivity contribution in [1.29, 1.82) is 0 Å². The molecule has 0 saturated heterocycles. The van der Waals surface area contributed by atoms with Gasteiger partial charge in [0, 0.05) is 6.04 Å². The molecular formula is C23H32N2O3S. The predicted octanol–water partition coefficient (Wildman–Crippen LogP) is 3.81. The van der Waals surface area contributed by atoms with Crippen LogP contribution in [0.5, 0.6) is 0 Å². The fraction of sp³-hybridized carbons (Fsp3) is 0.435. The maximum absolute atomic E-state index is 13.2. The fourth-order valence-electron chi connectivity index (χ4n) is 3.72. The normalized spacial score (nSPS) is 13.7. The lowest BCUT2D eigenvalue weighted by Crippen LogP contribution is -2.50. The van der Waals surface area contributed by atoms with Gasteiger partial charge in [-0.2, -0.15) is 4.72 Å². The van der Waals surface area contributed by atoms with Gasteiger partial charge in [-0.25, -0.2) is 8.42 Å². The van der Waals surface area contributed by atoms with E-state index in [1.54, 1.807) is 13.8 Å². The molecule has 158 valence electrons. The monoisotopic (exact) mass is 416 g/mol. The third-order valence-electron chi connectivity index (χ3n) is 4.88. The second-order valence-electron chi connectivity index (χ2n) is 7.79. The van der Waals surface area contributed by atoms with Gasteiger partial charge in [0.05, 0.1) is 4.90 Å². The van der Waals surface area contributed by atoms with Gasteiger partial charge in [-0.15, -0.1) is 0 Å². The molecule has 0 fully saturated rings. The summed E-state index contributed by atoms with van der Waals surface area (Å²) in [6.07, 6.45) is 2.07. The zero-order chi connectivity index (χ0) is 21.6. The van der Waals surface area contributed by atoms with E-state index in [9.17, 15) is 13.2 Å². The molecule has 0 bridgehead atoms. The molecule has 2 aromatic carbocycles. The second-order valence-corrected chi connectivity index (χ2v) is 9.44. The van der Waals surface area contributed by atoms with Crippen LogP contribution < -0.4 is 10.0 Å². The molecule has 0 aliphatic rings. The van der Waals surface area contributed by atoms with Crippen LogP contribution in [0.2, 0.25) is 0 Å². The summed E-state index contributed by atoms with van der Waals surface area (Å²) in [7, 11) is -3.86. The predicted molar refractivity (Wildman–Crippen MR) is 117 cm³/mol. The number of hydrogen-bond donors (Lipinski definition) is 2. The van der Waals surface area contributed by atoms with Gasteiger partial charge in [0.2, 0.25) is 15.9 Å². The van der Waals surface area contributed by atoms with E-state index in [0.717, 1.165) is 24.0 Å². The first kappa shape index (κ1) is 23.1. The van der Waals surface area contributed by atoms with Crippen molar-refractivity contribution in [3.8, 4) is 0 Å². The molecule has 2 aromatic rings. The number of hydrogen-bond acceptors (Lipinski definition) is 3. The lowest BCUT2D eigenvalue weighted by Gasteiger charge is -2.22. The molecule has 0 heterocycles. The summed E-state index contributed by atoms with van der Waals surface area (Å²) in [5.41, 5.74) is 3.25. The van der Waals surface area contributed by atoms with E-state index in [1.165, 1.54) is 0 Å². The molecule has 6 heteroatoms. The van der Waals surface area contributed by atoms with Crippen molar-refractivity contribution in [3.63, 3.8) is 0 Å². The van der Waals surface area contributed by atoms with Crippen LogP contribution in [-0.2, 0) is 21.2 Å². The lowest BCUT2D eigenvalue weighted by molar-refractivity contribution is -0.123. The number of carbonyl (C=O) groups is 1. The van der Waals surface area contributed by atoms with Gasteiger partial charge in [0.1, 0.15) is 6.04 Å². The SMILES string of the molecule is CCC[C@H](C)NC(=O)[C@@H](Cc1ccccc1)NS(=O)(=O)c1c(C)cc(C)cc1C. The zero-order valence-corrected chi connectivity index (χ0v) is 18.8. The van der Waals surface area contributed by atoms with E-state index in [0.29, 0.717) is 11.1 Å². The first-order valence-electron chi connectivity index (χ1n) is 10.1. The van der Waals surface area contributed by atoms with Gasteiger partial charge in [-0.3, -0.25) is 4.79 Å². The number of sulfonamides is 1. The smallest absolute Gasteiger partial charge is 0.241 e. The minimum Gasteiger partial charge on any atom is -0.352 e. The molecule has 0 spiro atoms. The topological polar surface area (TPSA) is 75.3 Å². The number of rotatable bonds is 9. The number of benzene rings is 2. The maximum Gasteiger partial charge on any atom is 0.241 e. The Balaban J connectivity index is 2.34. The summed E-state index contributed by atoms with van der Waals surface area (Å²) >= 11 is 0. The number of carbonyl (C=O) groups excluding carboxylic acids is 1. The van der Waals surface area contributed by atoms with Crippen molar-refractivity contribution >= 4 is 15.9 Å². The standard InChI is InChI=1S/C23H32N2O3S/c1-6-10-19(5)24-23(26)21(15-20-11-8-7-9-12-20)25-29(27,28)22-17(3)13-16(2)14-18(22)4/h7-9,11-14,19,21,25H,6,10,15H2,1-5H3,(H,24,26)/t19-,21+/m0/s1. The molecule has 2 atom stereocenters. The number of amides is 1. The fourth-order valence-corrected chi connectivity index (χ4v) is 5.37. The van der Waals surface area contributed by atoms with Crippen molar-refractivity contribution in [1.82, 2.24) is 10.0 Å². The Labute approximate surface area is 175 Å². The van der Waals surface area contributed by atoms with E-state index in [4.69, 9.17) is 0 Å². The van der Waals surface area contributed by atoms with E-state index in [-0.39, 0.29) is 23.3 Å². The molecular weight excluding hydrogens is 384 g/mol. The number of aryl methyl sites for hydroxylation is 3. The van der Waals surface area contributed by atoms with Crippen LogP contribution in [0.1, 0.15) is 48.9 Å². The van der Waals surface area contributed by atoms with Crippen molar-refractivity contribution in [2.45, 2.75) is 70.9 Å². The average molecular weight is 417 g/mol. The second kappa shape index (κ2) is 10.0. The quantitative estimate of drug-likeness (QED) is 0.653. The van der Waals surface area contributed by atoms with Crippen LogP contribution in [0.4, 0.5) is 0 Å². The highest BCUT2D eigenvalue weighted by molar-refractivity contribution is 7.89. The van der Waals surface area contributed by atoms with Gasteiger partial charge in [0.15, 0.2) is 0 Å². The van der Waals surface area contributed by atoms with Gasteiger partial charge in [-0.05, 0) is 57.2 Å². The molecule has 0 radical (unpaired) electrons. The van der Waals surface area contributed by atoms with Crippen molar-refractivity contribution in [2.75, 3.05) is 0 Å². The van der Waals surface area contributed by atoms with Gasteiger partial charge in [0.25, 0.3) is 0 Å². The molecule has 2 N–H and O–H groups in total. The van der Waals surface area contributed by atoms with E-state index in [1.807, 2.05) is 56.3 Å². The lowest BCUT2D eigenvalue weighted by atomic mass is 10.1. The average Bonchev–Trinajstić information content (AvgIpc) is 2.60. The Morgan fingerprint density at radius 2 is 1.62 bits per heavy atom. The molecule has 0 unspecified atom stereocenters. The van der Waals surface area contributed by atoms with E-state index >= 15 is 0 Å². The Hall–Kier alpha value is -2.18. The van der Waals surface area contributed by atoms with Crippen LogP contribution in [0.15, 0.2) is 47.4 Å². The van der Waals surface area contributed by atoms with Gasteiger partial charge < -0.3 is 5.32 Å². The summed E-state index contributed by atoms with van der Waals surface area (Å²) in [5, 5.41) is 2.95. The first-order chi connectivity index (χ1) is 13.6. The molecule has 0 aliphatic carbocycles. The first-order valence-corrected chi connectivity index (χ1v) is 11.6. The maximum atomic E-state index is 13.2. The third kappa shape index (κ3) is 6.41. The van der Waals surface area contributed by atoms with E-state index in [2.05, 4.69) is 17.0 Å². The van der Waals surface area contributed by atoms with Crippen molar-refractivity contribution < 1.29 is 13.2 Å². The summed E-state index contributed by atoms with van der Waals surface area (Å²) in [6, 6.07) is 12.2.